The van der Waals surface area contributed by atoms with E-state index in [1.54, 1.807) is 0 Å². The molecule has 19 heavy (non-hydrogen) atoms. The molecule has 0 aromatic heterocycles. The van der Waals surface area contributed by atoms with E-state index in [2.05, 4.69) is 4.13 Å². The third kappa shape index (κ3) is 4.70. The lowest BCUT2D eigenvalue weighted by Crippen LogP contribution is -2.45. The molecule has 0 bridgehead atoms. The van der Waals surface area contributed by atoms with Crippen LogP contribution >= 0.6 is 58.4 Å². The first kappa shape index (κ1) is 18.5. The Bertz CT molecular complexity index is 391. The molecule has 1 atom stereocenters. The molecule has 1 unspecified atom stereocenters. The van der Waals surface area contributed by atoms with E-state index in [1.807, 2.05) is 6.92 Å². The van der Waals surface area contributed by atoms with Gasteiger partial charge in [-0.3, -0.25) is 0 Å². The summed E-state index contributed by atoms with van der Waals surface area (Å²) in [6.45, 7) is 1.89. The molecule has 1 saturated carbocycles. The zero-order chi connectivity index (χ0) is 14.7. The van der Waals surface area contributed by atoms with Crippen molar-refractivity contribution in [2.45, 2.75) is 58.7 Å². The molecule has 1 N–H and O–H groups in total. The van der Waals surface area contributed by atoms with Crippen molar-refractivity contribution in [3.63, 3.8) is 0 Å². The lowest BCUT2D eigenvalue weighted by Gasteiger charge is -2.35. The maximum absolute atomic E-state index is 12.5. The van der Waals surface area contributed by atoms with E-state index in [0.717, 1.165) is 31.2 Å². The van der Waals surface area contributed by atoms with Crippen molar-refractivity contribution in [2.75, 3.05) is 0 Å². The van der Waals surface area contributed by atoms with Gasteiger partial charge in [0.05, 0.1) is 4.75 Å². The predicted octanol–water partition coefficient (Wildman–Crippen LogP) is 4.60. The minimum atomic E-state index is -3.50. The highest BCUT2D eigenvalue weighted by Gasteiger charge is 2.44. The Labute approximate surface area is 139 Å². The zero-order valence-corrected chi connectivity index (χ0v) is 15.1. The van der Waals surface area contributed by atoms with Crippen molar-refractivity contribution in [1.29, 1.82) is 0 Å². The van der Waals surface area contributed by atoms with Crippen LogP contribution in [0.2, 0.25) is 0 Å². The SMILES string of the molecule is CCC1(S(=O)(=O)NSC(Cl)C(Cl)(Cl)Cl)CCCCC1. The molecule has 1 rings (SSSR count). The summed E-state index contributed by atoms with van der Waals surface area (Å²) in [5.74, 6) is 0. The summed E-state index contributed by atoms with van der Waals surface area (Å²) >= 11 is 23.4. The molecule has 1 aliphatic carbocycles. The Balaban J connectivity index is 2.74. The first-order chi connectivity index (χ1) is 8.65. The molecule has 0 heterocycles. The molecule has 3 nitrogen and oxygen atoms in total. The second kappa shape index (κ2) is 7.12. The van der Waals surface area contributed by atoms with Crippen molar-refractivity contribution in [3.8, 4) is 0 Å². The summed E-state index contributed by atoms with van der Waals surface area (Å²) < 4.78 is 23.9. The Morgan fingerprint density at radius 1 is 1.26 bits per heavy atom. The van der Waals surface area contributed by atoms with Crippen LogP contribution in [0.1, 0.15) is 45.4 Å². The van der Waals surface area contributed by atoms with Gasteiger partial charge in [0.25, 0.3) is 0 Å². The fourth-order valence-electron chi connectivity index (χ4n) is 2.27. The van der Waals surface area contributed by atoms with E-state index in [-0.39, 0.29) is 0 Å². The Morgan fingerprint density at radius 2 is 1.79 bits per heavy atom. The van der Waals surface area contributed by atoms with Crippen LogP contribution in [-0.4, -0.2) is 21.7 Å². The van der Waals surface area contributed by atoms with Crippen LogP contribution in [0.25, 0.3) is 0 Å². The molecular formula is C10H17Cl4NO2S2. The number of hydrogen-bond acceptors (Lipinski definition) is 3. The van der Waals surface area contributed by atoms with E-state index in [0.29, 0.717) is 19.3 Å². The van der Waals surface area contributed by atoms with Crippen molar-refractivity contribution in [3.05, 3.63) is 0 Å². The normalized spacial score (nSPS) is 22.2. The van der Waals surface area contributed by atoms with Gasteiger partial charge in [-0.15, -0.1) is 11.6 Å². The molecule has 114 valence electrons. The summed E-state index contributed by atoms with van der Waals surface area (Å²) in [5, 5.41) is 0. The van der Waals surface area contributed by atoms with E-state index in [1.165, 1.54) is 0 Å². The Morgan fingerprint density at radius 3 is 2.21 bits per heavy atom. The quantitative estimate of drug-likeness (QED) is 0.552. The van der Waals surface area contributed by atoms with Gasteiger partial charge in [0.1, 0.15) is 4.71 Å². The van der Waals surface area contributed by atoms with Crippen LogP contribution in [-0.2, 0) is 10.0 Å². The van der Waals surface area contributed by atoms with Gasteiger partial charge in [-0.2, -0.15) is 4.13 Å². The van der Waals surface area contributed by atoms with Gasteiger partial charge >= 0.3 is 0 Å². The van der Waals surface area contributed by atoms with Crippen molar-refractivity contribution < 1.29 is 8.42 Å². The molecule has 0 spiro atoms. The van der Waals surface area contributed by atoms with E-state index >= 15 is 0 Å². The standard InChI is InChI=1S/C10H17Cl4NO2S2/c1-2-9(6-4-3-5-7-9)19(16,17)15-18-8(11)10(12,13)14/h8,15H,2-7H2,1H3. The zero-order valence-electron chi connectivity index (χ0n) is 10.5. The maximum Gasteiger partial charge on any atom is 0.226 e. The first-order valence-corrected chi connectivity index (χ1v) is 9.96. The molecule has 1 fully saturated rings. The van der Waals surface area contributed by atoms with E-state index < -0.39 is 23.3 Å². The highest BCUT2D eigenvalue weighted by atomic mass is 35.6. The van der Waals surface area contributed by atoms with Crippen molar-refractivity contribution in [1.82, 2.24) is 4.13 Å². The van der Waals surface area contributed by atoms with Crippen LogP contribution in [0.15, 0.2) is 0 Å². The largest absolute Gasteiger partial charge is 0.226 e. The number of halogens is 4. The predicted molar refractivity (Wildman–Crippen MR) is 85.7 cm³/mol. The van der Waals surface area contributed by atoms with E-state index in [9.17, 15) is 8.42 Å². The molecule has 0 amide bonds. The third-order valence-corrected chi connectivity index (χ3v) is 9.13. The smallest absolute Gasteiger partial charge is 0.211 e. The Kier molecular flexibility index (Phi) is 6.92. The van der Waals surface area contributed by atoms with Gasteiger partial charge in [-0.1, -0.05) is 61.0 Å². The van der Waals surface area contributed by atoms with Crippen molar-refractivity contribution in [2.24, 2.45) is 0 Å². The number of hydrogen-bond donors (Lipinski definition) is 1. The summed E-state index contributed by atoms with van der Waals surface area (Å²) in [6, 6.07) is 0. The second-order valence-corrected chi connectivity index (χ2v) is 11.0. The Hall–Kier alpha value is 1.42. The minimum absolute atomic E-state index is 0.573. The molecule has 0 saturated heterocycles. The van der Waals surface area contributed by atoms with Crippen molar-refractivity contribution >= 4 is 68.4 Å². The average Bonchev–Trinajstić information content (AvgIpc) is 2.35. The maximum atomic E-state index is 12.5. The van der Waals surface area contributed by atoms with Gasteiger partial charge in [-0.25, -0.2) is 8.42 Å². The van der Waals surface area contributed by atoms with Crippen LogP contribution in [0, 0.1) is 0 Å². The summed E-state index contributed by atoms with van der Waals surface area (Å²) in [5.41, 5.74) is 0. The molecular weight excluding hydrogens is 372 g/mol. The molecule has 9 heteroatoms. The molecule has 0 aromatic rings. The lowest BCUT2D eigenvalue weighted by atomic mass is 9.86. The van der Waals surface area contributed by atoms with Gasteiger partial charge < -0.3 is 0 Å². The highest BCUT2D eigenvalue weighted by molar-refractivity contribution is 8.10. The topological polar surface area (TPSA) is 46.2 Å². The number of nitrogens with one attached hydrogen (secondary N) is 1. The molecule has 0 aromatic carbocycles. The van der Waals surface area contributed by atoms with Crippen LogP contribution in [0.4, 0.5) is 0 Å². The molecule has 0 aliphatic heterocycles. The lowest BCUT2D eigenvalue weighted by molar-refractivity contribution is 0.363. The average molecular weight is 389 g/mol. The highest BCUT2D eigenvalue weighted by Crippen LogP contribution is 2.42. The molecule has 0 radical (unpaired) electrons. The molecule has 1 aliphatic rings. The minimum Gasteiger partial charge on any atom is -0.211 e. The number of alkyl halides is 4. The van der Waals surface area contributed by atoms with Gasteiger partial charge in [0.15, 0.2) is 0 Å². The monoisotopic (exact) mass is 387 g/mol. The number of rotatable bonds is 5. The summed E-state index contributed by atoms with van der Waals surface area (Å²) in [6.07, 6.45) is 4.84. The van der Waals surface area contributed by atoms with Gasteiger partial charge in [0, 0.05) is 0 Å². The number of sulfonamides is 1. The van der Waals surface area contributed by atoms with Gasteiger partial charge in [0.2, 0.25) is 13.8 Å². The fraction of sp³-hybridized carbons (Fsp3) is 1.00. The summed E-state index contributed by atoms with van der Waals surface area (Å²) in [4.78, 5) is 0. The van der Waals surface area contributed by atoms with Crippen LogP contribution in [0.5, 0.6) is 0 Å². The summed E-state index contributed by atoms with van der Waals surface area (Å²) in [7, 11) is -3.50. The van der Waals surface area contributed by atoms with E-state index in [4.69, 9.17) is 46.4 Å². The fourth-order valence-corrected chi connectivity index (χ4v) is 5.89. The van der Waals surface area contributed by atoms with Crippen LogP contribution in [0.3, 0.4) is 0 Å². The second-order valence-electron chi connectivity index (χ2n) is 4.66. The van der Waals surface area contributed by atoms with Crippen LogP contribution < -0.4 is 4.13 Å². The van der Waals surface area contributed by atoms with Gasteiger partial charge in [-0.05, 0) is 31.2 Å². The first-order valence-electron chi connectivity index (χ1n) is 6.02. The third-order valence-electron chi connectivity index (χ3n) is 3.50.